The first kappa shape index (κ1) is 21.0. The van der Waals surface area contributed by atoms with Gasteiger partial charge in [0.2, 0.25) is 11.9 Å². The van der Waals surface area contributed by atoms with E-state index in [1.165, 1.54) is 6.07 Å². The van der Waals surface area contributed by atoms with Crippen LogP contribution in [0.2, 0.25) is 0 Å². The smallest absolute Gasteiger partial charge is 0.224 e. The average Bonchev–Trinajstić information content (AvgIpc) is 3.39. The third-order valence-corrected chi connectivity index (χ3v) is 6.22. The molecule has 3 heterocycles. The summed E-state index contributed by atoms with van der Waals surface area (Å²) in [7, 11) is 0. The lowest BCUT2D eigenvalue weighted by molar-refractivity contribution is 0.126. The van der Waals surface area contributed by atoms with Gasteiger partial charge in [0, 0.05) is 18.7 Å². The summed E-state index contributed by atoms with van der Waals surface area (Å²) in [4.78, 5) is 13.7. The van der Waals surface area contributed by atoms with E-state index in [1.807, 2.05) is 4.57 Å². The number of nitrogens with one attached hydrogen (secondary N) is 2. The van der Waals surface area contributed by atoms with E-state index in [1.54, 1.807) is 13.1 Å². The summed E-state index contributed by atoms with van der Waals surface area (Å²) in [6.07, 6.45) is 5.42. The van der Waals surface area contributed by atoms with Crippen LogP contribution in [0.15, 0.2) is 18.3 Å². The molecule has 170 valence electrons. The Kier molecular flexibility index (Phi) is 5.64. The first-order chi connectivity index (χ1) is 15.5. The molecule has 0 radical (unpaired) electrons. The van der Waals surface area contributed by atoms with Crippen molar-refractivity contribution in [2.75, 3.05) is 23.8 Å². The number of ether oxygens (including phenoxy) is 1. The zero-order chi connectivity index (χ0) is 22.2. The summed E-state index contributed by atoms with van der Waals surface area (Å²) >= 11 is 0. The summed E-state index contributed by atoms with van der Waals surface area (Å²) in [6.45, 7) is 2.76. The fourth-order valence-electron chi connectivity index (χ4n) is 4.50. The highest BCUT2D eigenvalue weighted by Gasteiger charge is 2.26. The molecule has 0 spiro atoms. The van der Waals surface area contributed by atoms with Gasteiger partial charge >= 0.3 is 0 Å². The Morgan fingerprint density at radius 3 is 2.66 bits per heavy atom. The van der Waals surface area contributed by atoms with Crippen LogP contribution in [0.1, 0.15) is 43.7 Å². The molecule has 2 fully saturated rings. The number of hydrogen-bond acceptors (Lipinski definition) is 7. The summed E-state index contributed by atoms with van der Waals surface area (Å²) in [5.41, 5.74) is 1.81. The minimum atomic E-state index is -0.684. The second kappa shape index (κ2) is 8.59. The zero-order valence-electron chi connectivity index (χ0n) is 17.8. The molecule has 0 bridgehead atoms. The SMILES string of the molecule is Cc1cc(F)cc(F)c1Nc1nc2cnc(NC3CCC(O)CC3)nc2n1[C@@H]1CCOC1. The Bertz CT molecular complexity index is 1100. The molecule has 5 rings (SSSR count). The average molecular weight is 444 g/mol. The van der Waals surface area contributed by atoms with Crippen LogP contribution in [-0.4, -0.2) is 50.0 Å². The molecule has 32 heavy (non-hydrogen) atoms. The van der Waals surface area contributed by atoms with Crippen molar-refractivity contribution in [3.8, 4) is 0 Å². The van der Waals surface area contributed by atoms with Crippen molar-refractivity contribution in [2.24, 2.45) is 0 Å². The highest BCUT2D eigenvalue weighted by molar-refractivity contribution is 5.77. The van der Waals surface area contributed by atoms with Crippen LogP contribution in [0.5, 0.6) is 0 Å². The molecule has 1 aliphatic carbocycles. The van der Waals surface area contributed by atoms with E-state index in [0.29, 0.717) is 41.8 Å². The molecule has 1 aromatic carbocycles. The first-order valence-electron chi connectivity index (χ1n) is 11.0. The van der Waals surface area contributed by atoms with E-state index in [2.05, 4.69) is 20.6 Å². The number of aryl methyl sites for hydroxylation is 1. The predicted molar refractivity (Wildman–Crippen MR) is 116 cm³/mol. The number of hydrogen-bond donors (Lipinski definition) is 3. The molecule has 3 aromatic rings. The molecule has 1 saturated heterocycles. The Labute approximate surface area is 184 Å². The molecule has 10 heteroatoms. The number of aliphatic hydroxyl groups excluding tert-OH is 1. The van der Waals surface area contributed by atoms with Crippen molar-refractivity contribution in [3.63, 3.8) is 0 Å². The van der Waals surface area contributed by atoms with Crippen molar-refractivity contribution in [3.05, 3.63) is 35.5 Å². The van der Waals surface area contributed by atoms with E-state index in [-0.39, 0.29) is 23.9 Å². The van der Waals surface area contributed by atoms with Gasteiger partial charge in [-0.1, -0.05) is 0 Å². The van der Waals surface area contributed by atoms with Gasteiger partial charge in [0.25, 0.3) is 0 Å². The fourth-order valence-corrected chi connectivity index (χ4v) is 4.50. The lowest BCUT2D eigenvalue weighted by Gasteiger charge is -2.26. The molecule has 1 saturated carbocycles. The lowest BCUT2D eigenvalue weighted by atomic mass is 9.93. The number of rotatable bonds is 5. The Balaban J connectivity index is 1.51. The van der Waals surface area contributed by atoms with Crippen LogP contribution in [0.4, 0.5) is 26.4 Å². The van der Waals surface area contributed by atoms with Gasteiger partial charge in [0.05, 0.1) is 30.6 Å². The van der Waals surface area contributed by atoms with Gasteiger partial charge in [0.15, 0.2) is 5.65 Å². The monoisotopic (exact) mass is 444 g/mol. The molecule has 1 aliphatic heterocycles. The number of imidazole rings is 1. The van der Waals surface area contributed by atoms with E-state index in [9.17, 15) is 13.9 Å². The Hall–Kier alpha value is -2.85. The number of anilines is 3. The van der Waals surface area contributed by atoms with Gasteiger partial charge in [-0.2, -0.15) is 4.98 Å². The Morgan fingerprint density at radius 1 is 1.12 bits per heavy atom. The predicted octanol–water partition coefficient (Wildman–Crippen LogP) is 3.83. The van der Waals surface area contributed by atoms with Gasteiger partial charge in [-0.25, -0.2) is 18.7 Å². The van der Waals surface area contributed by atoms with E-state index in [4.69, 9.17) is 9.72 Å². The topological polar surface area (TPSA) is 97.1 Å². The maximum Gasteiger partial charge on any atom is 0.224 e. The molecular weight excluding hydrogens is 418 g/mol. The van der Waals surface area contributed by atoms with Crippen LogP contribution in [0.3, 0.4) is 0 Å². The molecule has 0 amide bonds. The van der Waals surface area contributed by atoms with Gasteiger partial charge in [0.1, 0.15) is 17.2 Å². The number of benzene rings is 1. The molecule has 3 N–H and O–H groups in total. The summed E-state index contributed by atoms with van der Waals surface area (Å²) < 4.78 is 35.5. The largest absolute Gasteiger partial charge is 0.393 e. The van der Waals surface area contributed by atoms with Crippen LogP contribution >= 0.6 is 0 Å². The van der Waals surface area contributed by atoms with Crippen LogP contribution in [0, 0.1) is 18.6 Å². The van der Waals surface area contributed by atoms with Gasteiger partial charge in [-0.3, -0.25) is 4.57 Å². The minimum absolute atomic E-state index is 0.0149. The molecule has 8 nitrogen and oxygen atoms in total. The van der Waals surface area contributed by atoms with Crippen molar-refractivity contribution in [2.45, 2.75) is 57.2 Å². The maximum atomic E-state index is 14.5. The lowest BCUT2D eigenvalue weighted by Crippen LogP contribution is -2.29. The van der Waals surface area contributed by atoms with Crippen molar-refractivity contribution < 1.29 is 18.6 Å². The van der Waals surface area contributed by atoms with E-state index >= 15 is 0 Å². The van der Waals surface area contributed by atoms with Crippen LogP contribution in [0.25, 0.3) is 11.2 Å². The number of aliphatic hydroxyl groups is 1. The third-order valence-electron chi connectivity index (χ3n) is 6.22. The second-order valence-corrected chi connectivity index (χ2v) is 8.58. The van der Waals surface area contributed by atoms with Crippen molar-refractivity contribution >= 4 is 28.7 Å². The van der Waals surface area contributed by atoms with E-state index in [0.717, 1.165) is 38.2 Å². The maximum absolute atomic E-state index is 14.5. The Morgan fingerprint density at radius 2 is 1.94 bits per heavy atom. The summed E-state index contributed by atoms with van der Waals surface area (Å²) in [5.74, 6) is -0.400. The standard InChI is InChI=1S/C22H26F2N6O2/c1-12-8-13(23)9-17(24)19(12)28-22-27-18-10-25-21(26-14-2-4-16(31)5-3-14)29-20(18)30(22)15-6-7-32-11-15/h8-10,14-16,31H,2-7,11H2,1H3,(H,27,28)(H,25,26,29)/t14?,15-,16?/m1/s1. The normalized spacial score (nSPS) is 23.6. The highest BCUT2D eigenvalue weighted by Crippen LogP contribution is 2.32. The second-order valence-electron chi connectivity index (χ2n) is 8.58. The zero-order valence-corrected chi connectivity index (χ0v) is 17.8. The summed E-state index contributed by atoms with van der Waals surface area (Å²) in [6, 6.07) is 2.32. The number of aromatic nitrogens is 4. The molecule has 2 aromatic heterocycles. The van der Waals surface area contributed by atoms with Gasteiger partial charge < -0.3 is 20.5 Å². The van der Waals surface area contributed by atoms with Gasteiger partial charge in [-0.05, 0) is 50.7 Å². The van der Waals surface area contributed by atoms with E-state index < -0.39 is 11.6 Å². The fraction of sp³-hybridized carbons (Fsp3) is 0.500. The minimum Gasteiger partial charge on any atom is -0.393 e. The quantitative estimate of drug-likeness (QED) is 0.550. The number of fused-ring (bicyclic) bond motifs is 1. The molecule has 0 unspecified atom stereocenters. The summed E-state index contributed by atoms with van der Waals surface area (Å²) in [5, 5.41) is 16.1. The molecule has 1 atom stereocenters. The number of nitrogens with zero attached hydrogens (tertiary/aromatic N) is 4. The molecule has 2 aliphatic rings. The third kappa shape index (κ3) is 4.12. The molecular formula is C22H26F2N6O2. The first-order valence-corrected chi connectivity index (χ1v) is 11.0. The van der Waals surface area contributed by atoms with Gasteiger partial charge in [-0.15, -0.1) is 0 Å². The van der Waals surface area contributed by atoms with Crippen molar-refractivity contribution in [1.82, 2.24) is 19.5 Å². The van der Waals surface area contributed by atoms with Crippen LogP contribution < -0.4 is 10.6 Å². The highest BCUT2D eigenvalue weighted by atomic mass is 19.1. The number of halogens is 2. The van der Waals surface area contributed by atoms with Crippen molar-refractivity contribution in [1.29, 1.82) is 0 Å². The van der Waals surface area contributed by atoms with Crippen LogP contribution in [-0.2, 0) is 4.74 Å².